The van der Waals surface area contributed by atoms with Gasteiger partial charge in [-0.1, -0.05) is 45.7 Å². The fraction of sp³-hybridized carbons (Fsp3) is 0.375. The Morgan fingerprint density at radius 2 is 1.85 bits per heavy atom. The number of carbonyl (C=O) groups excluding carboxylic acids is 1. The molecule has 0 aliphatic heterocycles. The zero-order valence-electron chi connectivity index (χ0n) is 19.8. The number of nitrogens with zero attached hydrogens (tertiary/aromatic N) is 3. The summed E-state index contributed by atoms with van der Waals surface area (Å²) in [4.78, 5) is 23.5. The van der Waals surface area contributed by atoms with E-state index in [0.29, 0.717) is 16.3 Å². The first-order chi connectivity index (χ1) is 16.5. The number of rotatable bonds is 6. The van der Waals surface area contributed by atoms with Gasteiger partial charge >= 0.3 is 0 Å². The molecule has 2 heterocycles. The van der Waals surface area contributed by atoms with E-state index in [0.717, 1.165) is 37.0 Å². The first kappa shape index (κ1) is 26.5. The average molecular weight is 484 g/mol. The maximum absolute atomic E-state index is 12.9. The highest BCUT2D eigenvalue weighted by Gasteiger charge is 2.27. The number of non-ortho nitro benzene ring substituents is 1. The molecule has 4 rings (SSSR count). The van der Waals surface area contributed by atoms with E-state index in [4.69, 9.17) is 10.3 Å². The van der Waals surface area contributed by atoms with Gasteiger partial charge in [-0.2, -0.15) is 5.26 Å². The van der Waals surface area contributed by atoms with Crippen molar-refractivity contribution in [1.82, 2.24) is 5.16 Å². The van der Waals surface area contributed by atoms with E-state index < -0.39 is 10.7 Å². The van der Waals surface area contributed by atoms with Crippen LogP contribution in [0, 0.1) is 21.4 Å². The predicted octanol–water partition coefficient (Wildman–Crippen LogP) is 6.40. The normalized spacial score (nSPS) is 12.6. The number of nitrogens with one attached hydrogen (secondary N) is 1. The number of nitrogens with two attached hydrogens (primary N) is 1. The lowest BCUT2D eigenvalue weighted by atomic mass is 10.1. The van der Waals surface area contributed by atoms with Gasteiger partial charge in [-0.3, -0.25) is 14.9 Å². The van der Waals surface area contributed by atoms with E-state index >= 15 is 0 Å². The van der Waals surface area contributed by atoms with Crippen LogP contribution >= 0.6 is 11.3 Å². The lowest BCUT2D eigenvalue weighted by Crippen LogP contribution is -2.14. The van der Waals surface area contributed by atoms with Crippen molar-refractivity contribution in [3.8, 4) is 17.3 Å². The van der Waals surface area contributed by atoms with Crippen LogP contribution in [0.3, 0.4) is 0 Å². The van der Waals surface area contributed by atoms with Crippen molar-refractivity contribution in [2.75, 3.05) is 11.1 Å². The molecule has 1 aliphatic carbocycles. The first-order valence-corrected chi connectivity index (χ1v) is 12.1. The van der Waals surface area contributed by atoms with Crippen molar-refractivity contribution >= 4 is 33.5 Å². The Bertz CT molecular complexity index is 1160. The Balaban J connectivity index is 0.000000970. The summed E-state index contributed by atoms with van der Waals surface area (Å²) in [6.07, 6.45) is 4.31. The van der Waals surface area contributed by atoms with E-state index in [1.165, 1.54) is 30.3 Å². The SMILES string of the molecule is CC.CC.N#Cc1c(NC2CCCC2)sc(C(=O)c2cc(-c3ccc([N+](=O)[O-])cc3)no2)c1N. The van der Waals surface area contributed by atoms with Crippen molar-refractivity contribution in [1.29, 1.82) is 5.26 Å². The van der Waals surface area contributed by atoms with Crippen LogP contribution in [0.1, 0.15) is 74.4 Å². The molecule has 9 nitrogen and oxygen atoms in total. The summed E-state index contributed by atoms with van der Waals surface area (Å²) in [5, 5.41) is 28.1. The molecule has 3 aromatic rings. The summed E-state index contributed by atoms with van der Waals surface area (Å²) in [5.41, 5.74) is 7.38. The maximum atomic E-state index is 12.9. The van der Waals surface area contributed by atoms with Gasteiger partial charge in [-0.05, 0) is 25.0 Å². The molecule has 1 aromatic carbocycles. The molecule has 10 heteroatoms. The van der Waals surface area contributed by atoms with Gasteiger partial charge in [0, 0.05) is 29.8 Å². The summed E-state index contributed by atoms with van der Waals surface area (Å²) >= 11 is 1.14. The van der Waals surface area contributed by atoms with Gasteiger partial charge in [-0.25, -0.2) is 0 Å². The highest BCUT2D eigenvalue weighted by atomic mass is 32.1. The minimum atomic E-state index is -0.495. The van der Waals surface area contributed by atoms with Gasteiger partial charge in [0.05, 0.1) is 10.6 Å². The maximum Gasteiger partial charge on any atom is 0.269 e. The molecule has 0 saturated heterocycles. The number of ketones is 1. The monoisotopic (exact) mass is 483 g/mol. The Hall–Kier alpha value is -3.71. The third kappa shape index (κ3) is 5.80. The molecule has 1 saturated carbocycles. The van der Waals surface area contributed by atoms with E-state index in [-0.39, 0.29) is 33.6 Å². The lowest BCUT2D eigenvalue weighted by molar-refractivity contribution is -0.384. The quantitative estimate of drug-likeness (QED) is 0.232. The Morgan fingerprint density at radius 3 is 2.41 bits per heavy atom. The summed E-state index contributed by atoms with van der Waals surface area (Å²) < 4.78 is 5.20. The zero-order valence-corrected chi connectivity index (χ0v) is 20.6. The fourth-order valence-electron chi connectivity index (χ4n) is 3.46. The van der Waals surface area contributed by atoms with Gasteiger partial charge < -0.3 is 15.6 Å². The molecular weight excluding hydrogens is 454 g/mol. The van der Waals surface area contributed by atoms with Gasteiger partial charge in [0.15, 0.2) is 0 Å². The number of nitrogen functional groups attached to an aromatic ring is 1. The number of carbonyl (C=O) groups is 1. The average Bonchev–Trinajstić information content (AvgIpc) is 3.62. The summed E-state index contributed by atoms with van der Waals surface area (Å²) in [5.74, 6) is -0.484. The zero-order chi connectivity index (χ0) is 25.3. The molecule has 0 atom stereocenters. The van der Waals surface area contributed by atoms with Crippen molar-refractivity contribution < 1.29 is 14.2 Å². The van der Waals surface area contributed by atoms with Crippen LogP contribution in [0.15, 0.2) is 34.9 Å². The Labute approximate surface area is 202 Å². The number of benzene rings is 1. The highest BCUT2D eigenvalue weighted by Crippen LogP contribution is 2.38. The van der Waals surface area contributed by atoms with Crippen LogP contribution in [0.5, 0.6) is 0 Å². The number of nitriles is 1. The molecular formula is C24H29N5O4S. The largest absolute Gasteiger partial charge is 0.396 e. The van der Waals surface area contributed by atoms with Crippen LogP contribution in [0.25, 0.3) is 11.3 Å². The molecule has 1 fully saturated rings. The molecule has 3 N–H and O–H groups in total. The second-order valence-corrected chi connectivity index (χ2v) is 8.02. The van der Waals surface area contributed by atoms with E-state index in [1.807, 2.05) is 27.7 Å². The second kappa shape index (κ2) is 12.5. The van der Waals surface area contributed by atoms with Gasteiger partial charge in [0.1, 0.15) is 27.2 Å². The lowest BCUT2D eigenvalue weighted by Gasteiger charge is -2.11. The van der Waals surface area contributed by atoms with Crippen molar-refractivity contribution in [2.24, 2.45) is 0 Å². The molecule has 0 amide bonds. The predicted molar refractivity (Wildman–Crippen MR) is 134 cm³/mol. The number of nitro groups is 1. The molecule has 1 aliphatic rings. The standard InChI is InChI=1S/C20H17N5O4S.2C2H6/c21-10-14-17(22)19(30-20(14)23-12-3-1-2-4-12)18(26)16-9-15(24-29-16)11-5-7-13(8-6-11)25(27)28;2*1-2/h5-9,12,23H,1-4,22H2;2*1-2H3. The van der Waals surface area contributed by atoms with Crippen LogP contribution in [0.4, 0.5) is 16.4 Å². The minimum Gasteiger partial charge on any atom is -0.396 e. The van der Waals surface area contributed by atoms with E-state index in [2.05, 4.69) is 16.5 Å². The Kier molecular flexibility index (Phi) is 9.76. The Morgan fingerprint density at radius 1 is 1.24 bits per heavy atom. The molecule has 0 spiro atoms. The van der Waals surface area contributed by atoms with Gasteiger partial charge in [-0.15, -0.1) is 11.3 Å². The fourth-order valence-corrected chi connectivity index (χ4v) is 4.56. The minimum absolute atomic E-state index is 0.0202. The molecule has 180 valence electrons. The second-order valence-electron chi connectivity index (χ2n) is 7.00. The van der Waals surface area contributed by atoms with Gasteiger partial charge in [0.2, 0.25) is 11.5 Å². The number of hydrogen-bond acceptors (Lipinski definition) is 9. The topological polar surface area (TPSA) is 148 Å². The number of hydrogen-bond donors (Lipinski definition) is 2. The molecule has 0 radical (unpaired) electrons. The number of nitro benzene ring substituents is 1. The van der Waals surface area contributed by atoms with Crippen LogP contribution < -0.4 is 11.1 Å². The van der Waals surface area contributed by atoms with Crippen molar-refractivity contribution in [3.05, 3.63) is 56.6 Å². The number of aromatic nitrogens is 1. The van der Waals surface area contributed by atoms with Crippen molar-refractivity contribution in [2.45, 2.75) is 59.4 Å². The van der Waals surface area contributed by atoms with Crippen LogP contribution in [0.2, 0.25) is 0 Å². The highest BCUT2D eigenvalue weighted by molar-refractivity contribution is 7.19. The van der Waals surface area contributed by atoms with Gasteiger partial charge in [0.25, 0.3) is 5.69 Å². The van der Waals surface area contributed by atoms with Crippen molar-refractivity contribution in [3.63, 3.8) is 0 Å². The van der Waals surface area contributed by atoms with E-state index in [9.17, 15) is 20.2 Å². The smallest absolute Gasteiger partial charge is 0.269 e. The molecule has 2 aromatic heterocycles. The summed E-state index contributed by atoms with van der Waals surface area (Å²) in [6, 6.07) is 9.57. The summed E-state index contributed by atoms with van der Waals surface area (Å²) in [6.45, 7) is 8.00. The number of thiophene rings is 1. The van der Waals surface area contributed by atoms with E-state index in [1.54, 1.807) is 0 Å². The molecule has 0 unspecified atom stereocenters. The summed E-state index contributed by atoms with van der Waals surface area (Å²) in [7, 11) is 0. The third-order valence-electron chi connectivity index (χ3n) is 5.06. The van der Waals surface area contributed by atoms with Crippen LogP contribution in [-0.2, 0) is 0 Å². The number of anilines is 2. The van der Waals surface area contributed by atoms with Crippen LogP contribution in [-0.4, -0.2) is 21.9 Å². The first-order valence-electron chi connectivity index (χ1n) is 11.3. The molecule has 0 bridgehead atoms. The third-order valence-corrected chi connectivity index (χ3v) is 6.20. The molecule has 34 heavy (non-hydrogen) atoms.